The van der Waals surface area contributed by atoms with Crippen molar-refractivity contribution in [3.8, 4) is 0 Å². The van der Waals surface area contributed by atoms with Gasteiger partial charge in [-0.1, -0.05) is 26.7 Å². The van der Waals surface area contributed by atoms with Gasteiger partial charge in [-0.05, 0) is 37.6 Å². The number of hydrogen-bond donors (Lipinski definition) is 2. The van der Waals surface area contributed by atoms with Crippen LogP contribution in [0.3, 0.4) is 0 Å². The molecule has 5 heteroatoms. The summed E-state index contributed by atoms with van der Waals surface area (Å²) in [5, 5.41) is 8.42. The van der Waals surface area contributed by atoms with E-state index in [9.17, 15) is 8.42 Å². The van der Waals surface area contributed by atoms with Crippen LogP contribution in [0.15, 0.2) is 0 Å². The number of primary sulfonamides is 1. The average molecular weight is 262 g/mol. The van der Waals surface area contributed by atoms with Crippen LogP contribution in [0.5, 0.6) is 0 Å². The maximum absolute atomic E-state index is 10.8. The molecule has 0 spiro atoms. The third-order valence-electron chi connectivity index (χ3n) is 3.70. The molecular formula is C12H26N2O2S. The van der Waals surface area contributed by atoms with Crippen LogP contribution >= 0.6 is 0 Å². The third kappa shape index (κ3) is 6.38. The van der Waals surface area contributed by atoms with Gasteiger partial charge in [0.05, 0.1) is 5.75 Å². The summed E-state index contributed by atoms with van der Waals surface area (Å²) >= 11 is 0. The topological polar surface area (TPSA) is 72.2 Å². The van der Waals surface area contributed by atoms with E-state index in [1.54, 1.807) is 0 Å². The van der Waals surface area contributed by atoms with Gasteiger partial charge in [0.25, 0.3) is 0 Å². The fourth-order valence-electron chi connectivity index (χ4n) is 2.60. The highest BCUT2D eigenvalue weighted by atomic mass is 32.2. The third-order valence-corrected chi connectivity index (χ3v) is 4.55. The lowest BCUT2D eigenvalue weighted by Crippen LogP contribution is -2.36. The molecule has 1 rings (SSSR count). The molecule has 0 aromatic heterocycles. The molecule has 0 bridgehead atoms. The van der Waals surface area contributed by atoms with Gasteiger partial charge in [0.15, 0.2) is 0 Å². The minimum Gasteiger partial charge on any atom is -0.314 e. The minimum atomic E-state index is -3.29. The highest BCUT2D eigenvalue weighted by Gasteiger charge is 2.23. The van der Waals surface area contributed by atoms with E-state index in [1.807, 2.05) is 0 Å². The lowest BCUT2D eigenvalue weighted by Gasteiger charge is -2.32. The fourth-order valence-corrected chi connectivity index (χ4v) is 3.14. The van der Waals surface area contributed by atoms with Crippen molar-refractivity contribution in [2.45, 2.75) is 52.0 Å². The largest absolute Gasteiger partial charge is 0.314 e. The van der Waals surface area contributed by atoms with Gasteiger partial charge in [0, 0.05) is 6.04 Å². The van der Waals surface area contributed by atoms with Crippen LogP contribution in [0.1, 0.15) is 46.0 Å². The molecule has 0 saturated heterocycles. The molecule has 2 unspecified atom stereocenters. The first-order valence-corrected chi connectivity index (χ1v) is 8.34. The molecule has 3 N–H and O–H groups in total. The molecule has 0 heterocycles. The van der Waals surface area contributed by atoms with Crippen LogP contribution in [0.25, 0.3) is 0 Å². The number of hydrogen-bond acceptors (Lipinski definition) is 3. The second-order valence-corrected chi connectivity index (χ2v) is 7.28. The lowest BCUT2D eigenvalue weighted by molar-refractivity contribution is 0.232. The summed E-state index contributed by atoms with van der Waals surface area (Å²) in [4.78, 5) is 0. The molecule has 2 atom stereocenters. The number of rotatable bonds is 6. The molecule has 1 aliphatic carbocycles. The van der Waals surface area contributed by atoms with Gasteiger partial charge in [-0.2, -0.15) is 0 Å². The highest BCUT2D eigenvalue weighted by Crippen LogP contribution is 2.29. The number of sulfonamides is 1. The Hall–Kier alpha value is -0.130. The lowest BCUT2D eigenvalue weighted by atomic mass is 9.79. The molecule has 0 amide bonds. The highest BCUT2D eigenvalue weighted by molar-refractivity contribution is 7.89. The molecule has 1 aliphatic rings. The monoisotopic (exact) mass is 262 g/mol. The summed E-state index contributed by atoms with van der Waals surface area (Å²) in [6, 6.07) is 0.566. The number of nitrogens with one attached hydrogen (secondary N) is 1. The quantitative estimate of drug-likeness (QED) is 0.712. The molecule has 17 heavy (non-hydrogen) atoms. The average Bonchev–Trinajstić information content (AvgIpc) is 2.23. The first kappa shape index (κ1) is 14.9. The van der Waals surface area contributed by atoms with Crippen LogP contribution in [0, 0.1) is 11.8 Å². The summed E-state index contributed by atoms with van der Waals surface area (Å²) in [6.45, 7) is 5.33. The van der Waals surface area contributed by atoms with Gasteiger partial charge in [0.2, 0.25) is 10.0 Å². The van der Waals surface area contributed by atoms with Crippen LogP contribution in [0.2, 0.25) is 0 Å². The molecule has 102 valence electrons. The summed E-state index contributed by atoms with van der Waals surface area (Å²) in [7, 11) is -3.29. The zero-order valence-corrected chi connectivity index (χ0v) is 11.8. The van der Waals surface area contributed by atoms with Crippen molar-refractivity contribution in [1.29, 1.82) is 0 Å². The fraction of sp³-hybridized carbons (Fsp3) is 1.00. The minimum absolute atomic E-state index is 0.0837. The van der Waals surface area contributed by atoms with E-state index in [0.29, 0.717) is 12.5 Å². The molecule has 0 aromatic carbocycles. The molecule has 0 aromatic rings. The van der Waals surface area contributed by atoms with E-state index in [4.69, 9.17) is 5.14 Å². The van der Waals surface area contributed by atoms with E-state index in [-0.39, 0.29) is 5.75 Å². The first-order chi connectivity index (χ1) is 7.88. The summed E-state index contributed by atoms with van der Waals surface area (Å²) in [5.41, 5.74) is 0. The SMILES string of the molecule is CC(C)C1CCCC(NCCCS(N)(=O)=O)C1. The molecule has 0 aliphatic heterocycles. The zero-order valence-electron chi connectivity index (χ0n) is 11.0. The van der Waals surface area contributed by atoms with Gasteiger partial charge in [-0.15, -0.1) is 0 Å². The van der Waals surface area contributed by atoms with Gasteiger partial charge in [0.1, 0.15) is 0 Å². The Morgan fingerprint density at radius 3 is 2.65 bits per heavy atom. The van der Waals surface area contributed by atoms with Gasteiger partial charge in [-0.3, -0.25) is 0 Å². The standard InChI is InChI=1S/C12H26N2O2S/c1-10(2)11-5-3-6-12(9-11)14-7-4-8-17(13,15)16/h10-12,14H,3-9H2,1-2H3,(H2,13,15,16). The van der Waals surface area contributed by atoms with Crippen molar-refractivity contribution in [3.05, 3.63) is 0 Å². The zero-order chi connectivity index (χ0) is 12.9. The maximum atomic E-state index is 10.8. The second kappa shape index (κ2) is 6.71. The Labute approximate surface area is 105 Å². The Bertz CT molecular complexity index is 314. The van der Waals surface area contributed by atoms with E-state index >= 15 is 0 Å². The summed E-state index contributed by atoms with van der Waals surface area (Å²) in [6.07, 6.45) is 5.69. The normalized spacial score (nSPS) is 26.4. The Balaban J connectivity index is 2.19. The van der Waals surface area contributed by atoms with E-state index in [0.717, 1.165) is 18.4 Å². The van der Waals surface area contributed by atoms with Crippen LogP contribution < -0.4 is 10.5 Å². The predicted molar refractivity (Wildman–Crippen MR) is 71.2 cm³/mol. The second-order valence-electron chi connectivity index (χ2n) is 5.54. The Morgan fingerprint density at radius 1 is 1.35 bits per heavy atom. The summed E-state index contributed by atoms with van der Waals surface area (Å²) < 4.78 is 21.5. The van der Waals surface area contributed by atoms with E-state index < -0.39 is 10.0 Å². The van der Waals surface area contributed by atoms with Crippen LogP contribution in [0.4, 0.5) is 0 Å². The first-order valence-electron chi connectivity index (χ1n) is 6.62. The van der Waals surface area contributed by atoms with Crippen molar-refractivity contribution in [1.82, 2.24) is 5.32 Å². The maximum Gasteiger partial charge on any atom is 0.209 e. The van der Waals surface area contributed by atoms with Crippen molar-refractivity contribution in [2.24, 2.45) is 17.0 Å². The van der Waals surface area contributed by atoms with Crippen LogP contribution in [-0.2, 0) is 10.0 Å². The van der Waals surface area contributed by atoms with E-state index in [2.05, 4.69) is 19.2 Å². The number of nitrogens with two attached hydrogens (primary N) is 1. The van der Waals surface area contributed by atoms with E-state index in [1.165, 1.54) is 25.7 Å². The Morgan fingerprint density at radius 2 is 2.06 bits per heavy atom. The van der Waals surface area contributed by atoms with Gasteiger partial charge in [-0.25, -0.2) is 13.6 Å². The van der Waals surface area contributed by atoms with Crippen LogP contribution in [-0.4, -0.2) is 26.8 Å². The molecule has 1 saturated carbocycles. The van der Waals surface area contributed by atoms with Crippen molar-refractivity contribution in [2.75, 3.05) is 12.3 Å². The van der Waals surface area contributed by atoms with Gasteiger partial charge >= 0.3 is 0 Å². The smallest absolute Gasteiger partial charge is 0.209 e. The molecular weight excluding hydrogens is 236 g/mol. The molecule has 0 radical (unpaired) electrons. The summed E-state index contributed by atoms with van der Waals surface area (Å²) in [5.74, 6) is 1.66. The predicted octanol–water partition coefficient (Wildman–Crippen LogP) is 1.47. The van der Waals surface area contributed by atoms with Crippen molar-refractivity contribution in [3.63, 3.8) is 0 Å². The van der Waals surface area contributed by atoms with Crippen molar-refractivity contribution >= 4 is 10.0 Å². The van der Waals surface area contributed by atoms with Gasteiger partial charge < -0.3 is 5.32 Å². The Kier molecular flexibility index (Phi) is 5.89. The molecule has 1 fully saturated rings. The molecule has 4 nitrogen and oxygen atoms in total. The van der Waals surface area contributed by atoms with Crippen molar-refractivity contribution < 1.29 is 8.42 Å².